The molecule has 1 fully saturated rings. The highest BCUT2D eigenvalue weighted by Crippen LogP contribution is 2.23. The normalized spacial score (nSPS) is 17.2. The summed E-state index contributed by atoms with van der Waals surface area (Å²) in [6, 6.07) is 11.4. The smallest absolute Gasteiger partial charge is 0.239 e. The number of hydrogen-bond donors (Lipinski definition) is 1. The summed E-state index contributed by atoms with van der Waals surface area (Å²) in [6.07, 6.45) is 4.04. The Kier molecular flexibility index (Phi) is 4.87. The molecule has 140 valence electrons. The van der Waals surface area contributed by atoms with E-state index in [2.05, 4.69) is 14.8 Å². The number of pyridine rings is 1. The second-order valence-corrected chi connectivity index (χ2v) is 6.87. The maximum atomic E-state index is 13.2. The average molecular weight is 367 g/mol. The lowest BCUT2D eigenvalue weighted by atomic mass is 10.0. The molecular formula is C20H22FN5O. The van der Waals surface area contributed by atoms with Crippen molar-refractivity contribution < 1.29 is 9.18 Å². The maximum Gasteiger partial charge on any atom is 0.239 e. The van der Waals surface area contributed by atoms with Gasteiger partial charge < -0.3 is 10.1 Å². The van der Waals surface area contributed by atoms with Crippen LogP contribution in [-0.2, 0) is 11.3 Å². The van der Waals surface area contributed by atoms with Crippen LogP contribution in [0.3, 0.4) is 0 Å². The van der Waals surface area contributed by atoms with Crippen molar-refractivity contribution in [3.63, 3.8) is 0 Å². The van der Waals surface area contributed by atoms with E-state index in [-0.39, 0.29) is 5.82 Å². The van der Waals surface area contributed by atoms with Crippen molar-refractivity contribution in [2.75, 3.05) is 26.2 Å². The summed E-state index contributed by atoms with van der Waals surface area (Å²) in [4.78, 5) is 21.0. The average Bonchev–Trinajstić information content (AvgIpc) is 3.07. The van der Waals surface area contributed by atoms with Gasteiger partial charge in [0.25, 0.3) is 0 Å². The molecule has 2 aromatic heterocycles. The van der Waals surface area contributed by atoms with Crippen molar-refractivity contribution in [3.8, 4) is 0 Å². The first-order valence-corrected chi connectivity index (χ1v) is 9.04. The first-order valence-electron chi connectivity index (χ1n) is 9.04. The predicted octanol–water partition coefficient (Wildman–Crippen LogP) is 1.82. The van der Waals surface area contributed by atoms with Gasteiger partial charge >= 0.3 is 0 Å². The van der Waals surface area contributed by atoms with Gasteiger partial charge in [0.1, 0.15) is 17.5 Å². The first kappa shape index (κ1) is 17.6. The first-order chi connectivity index (χ1) is 13.1. The van der Waals surface area contributed by atoms with Crippen molar-refractivity contribution in [1.29, 1.82) is 0 Å². The number of fused-ring (bicyclic) bond motifs is 1. The molecule has 2 N–H and O–H groups in total. The number of primary amides is 1. The van der Waals surface area contributed by atoms with Gasteiger partial charge in [-0.05, 0) is 29.8 Å². The van der Waals surface area contributed by atoms with E-state index in [0.717, 1.165) is 49.6 Å². The molecule has 6 nitrogen and oxygen atoms in total. The number of rotatable bonds is 5. The Morgan fingerprint density at radius 3 is 2.52 bits per heavy atom. The van der Waals surface area contributed by atoms with Gasteiger partial charge in [-0.25, -0.2) is 9.37 Å². The number of carbonyl (C=O) groups is 1. The van der Waals surface area contributed by atoms with Gasteiger partial charge in [0.15, 0.2) is 0 Å². The van der Waals surface area contributed by atoms with E-state index in [9.17, 15) is 9.18 Å². The number of imidazole rings is 1. The molecule has 0 saturated carbocycles. The van der Waals surface area contributed by atoms with Crippen LogP contribution in [0.5, 0.6) is 0 Å². The van der Waals surface area contributed by atoms with Crippen molar-refractivity contribution in [2.45, 2.75) is 12.6 Å². The van der Waals surface area contributed by atoms with Crippen LogP contribution in [0.15, 0.2) is 54.9 Å². The van der Waals surface area contributed by atoms with Crippen LogP contribution < -0.4 is 5.73 Å². The fourth-order valence-corrected chi connectivity index (χ4v) is 3.67. The Morgan fingerprint density at radius 2 is 1.85 bits per heavy atom. The third-order valence-electron chi connectivity index (χ3n) is 5.03. The molecule has 1 atom stereocenters. The van der Waals surface area contributed by atoms with Gasteiger partial charge in [-0.15, -0.1) is 0 Å². The molecule has 1 unspecified atom stereocenters. The fraction of sp³-hybridized carbons (Fsp3) is 0.300. The highest BCUT2D eigenvalue weighted by Gasteiger charge is 2.29. The molecule has 3 aromatic rings. The maximum absolute atomic E-state index is 13.2. The third kappa shape index (κ3) is 3.84. The number of nitrogens with zero attached hydrogens (tertiary/aromatic N) is 4. The molecule has 3 heterocycles. The summed E-state index contributed by atoms with van der Waals surface area (Å²) in [5.41, 5.74) is 8.34. The molecule has 1 amide bonds. The molecule has 1 aliphatic rings. The summed E-state index contributed by atoms with van der Waals surface area (Å²) >= 11 is 0. The number of nitrogens with two attached hydrogens (primary N) is 1. The molecule has 1 aromatic carbocycles. The molecule has 0 bridgehead atoms. The minimum absolute atomic E-state index is 0.320. The fourth-order valence-electron chi connectivity index (χ4n) is 3.67. The van der Waals surface area contributed by atoms with Crippen molar-refractivity contribution in [2.24, 2.45) is 5.73 Å². The zero-order valence-corrected chi connectivity index (χ0v) is 15.0. The van der Waals surface area contributed by atoms with Crippen LogP contribution in [0.25, 0.3) is 5.65 Å². The summed E-state index contributed by atoms with van der Waals surface area (Å²) in [5.74, 6) is -0.727. The predicted molar refractivity (Wildman–Crippen MR) is 100 cm³/mol. The van der Waals surface area contributed by atoms with E-state index in [4.69, 9.17) is 5.73 Å². The number of carbonyl (C=O) groups excluding carboxylic acids is 1. The standard InChI is InChI=1S/C20H22FN5O/c21-16-6-4-15(5-7-16)19(20(22)27)25-11-9-24(10-12-25)13-17-14-26-8-2-1-3-18(26)23-17/h1-8,14,19H,9-13H2,(H2,22,27). The molecule has 7 heteroatoms. The van der Waals surface area contributed by atoms with E-state index in [1.54, 1.807) is 12.1 Å². The lowest BCUT2D eigenvalue weighted by molar-refractivity contribution is -0.124. The summed E-state index contributed by atoms with van der Waals surface area (Å²) in [5, 5.41) is 0. The Labute approximate surface area is 157 Å². The minimum Gasteiger partial charge on any atom is -0.368 e. The lowest BCUT2D eigenvalue weighted by Crippen LogP contribution is -2.50. The Hall–Kier alpha value is -2.77. The number of halogens is 1. The van der Waals surface area contributed by atoms with E-state index in [0.29, 0.717) is 0 Å². The van der Waals surface area contributed by atoms with Crippen LogP contribution in [0.2, 0.25) is 0 Å². The van der Waals surface area contributed by atoms with Gasteiger partial charge in [0.2, 0.25) is 5.91 Å². The van der Waals surface area contributed by atoms with Crippen LogP contribution in [0.4, 0.5) is 4.39 Å². The van der Waals surface area contributed by atoms with Gasteiger partial charge in [0, 0.05) is 45.1 Å². The molecule has 4 rings (SSSR count). The largest absolute Gasteiger partial charge is 0.368 e. The van der Waals surface area contributed by atoms with Crippen molar-refractivity contribution in [1.82, 2.24) is 19.2 Å². The topological polar surface area (TPSA) is 66.9 Å². The van der Waals surface area contributed by atoms with Gasteiger partial charge in [-0.2, -0.15) is 0 Å². The lowest BCUT2D eigenvalue weighted by Gasteiger charge is -2.38. The van der Waals surface area contributed by atoms with Gasteiger partial charge in [-0.3, -0.25) is 14.6 Å². The number of piperazine rings is 1. The number of hydrogen-bond acceptors (Lipinski definition) is 4. The quantitative estimate of drug-likeness (QED) is 0.747. The van der Waals surface area contributed by atoms with E-state index >= 15 is 0 Å². The summed E-state index contributed by atoms with van der Waals surface area (Å²) in [7, 11) is 0. The monoisotopic (exact) mass is 367 g/mol. The highest BCUT2D eigenvalue weighted by molar-refractivity contribution is 5.81. The molecule has 1 saturated heterocycles. The molecule has 0 aliphatic carbocycles. The van der Waals surface area contributed by atoms with Gasteiger partial charge in [0.05, 0.1) is 5.69 Å². The molecule has 27 heavy (non-hydrogen) atoms. The van der Waals surface area contributed by atoms with E-state index in [1.807, 2.05) is 35.0 Å². The highest BCUT2D eigenvalue weighted by atomic mass is 19.1. The van der Waals surface area contributed by atoms with Crippen LogP contribution >= 0.6 is 0 Å². The molecule has 0 radical (unpaired) electrons. The van der Waals surface area contributed by atoms with Gasteiger partial charge in [-0.1, -0.05) is 18.2 Å². The second kappa shape index (κ2) is 7.46. The van der Waals surface area contributed by atoms with Crippen molar-refractivity contribution >= 4 is 11.6 Å². The Bertz CT molecular complexity index is 898. The second-order valence-electron chi connectivity index (χ2n) is 6.87. The SMILES string of the molecule is NC(=O)C(c1ccc(F)cc1)N1CCN(Cc2cn3ccccc3n2)CC1. The zero-order valence-electron chi connectivity index (χ0n) is 15.0. The van der Waals surface area contributed by atoms with Crippen LogP contribution in [-0.4, -0.2) is 51.3 Å². The van der Waals surface area contributed by atoms with E-state index < -0.39 is 11.9 Å². The number of amides is 1. The van der Waals surface area contributed by atoms with Crippen LogP contribution in [0, 0.1) is 5.82 Å². The summed E-state index contributed by atoms with van der Waals surface area (Å²) < 4.78 is 15.2. The van der Waals surface area contributed by atoms with E-state index in [1.165, 1.54) is 12.1 Å². The molecule has 1 aliphatic heterocycles. The van der Waals surface area contributed by atoms with Crippen LogP contribution in [0.1, 0.15) is 17.3 Å². The molecule has 0 spiro atoms. The Balaban J connectivity index is 1.41. The van der Waals surface area contributed by atoms with Crippen molar-refractivity contribution in [3.05, 3.63) is 71.9 Å². The third-order valence-corrected chi connectivity index (χ3v) is 5.03. The number of benzene rings is 1. The Morgan fingerprint density at radius 1 is 1.11 bits per heavy atom. The summed E-state index contributed by atoms with van der Waals surface area (Å²) in [6.45, 7) is 3.85. The minimum atomic E-state index is -0.525. The zero-order chi connectivity index (χ0) is 18.8. The number of aromatic nitrogens is 2. The molecular weight excluding hydrogens is 345 g/mol.